The van der Waals surface area contributed by atoms with Crippen LogP contribution in [0.1, 0.15) is 21.5 Å². The molecular formula is C25H20ClN3O6. The molecule has 0 aromatic heterocycles. The van der Waals surface area contributed by atoms with Crippen LogP contribution in [0.25, 0.3) is 6.08 Å². The molecule has 3 aromatic carbocycles. The number of ether oxygens (including phenoxy) is 3. The van der Waals surface area contributed by atoms with Crippen LogP contribution in [0.15, 0.2) is 71.5 Å². The molecule has 0 unspecified atom stereocenters. The molecule has 3 N–H and O–H groups in total. The van der Waals surface area contributed by atoms with E-state index in [1.165, 1.54) is 31.5 Å². The summed E-state index contributed by atoms with van der Waals surface area (Å²) < 4.78 is 15.7. The van der Waals surface area contributed by atoms with E-state index in [9.17, 15) is 14.7 Å². The molecule has 2 amide bonds. The summed E-state index contributed by atoms with van der Waals surface area (Å²) in [5, 5.41) is 17.0. The van der Waals surface area contributed by atoms with Crippen LogP contribution in [-0.2, 0) is 4.79 Å². The molecule has 4 rings (SSSR count). The summed E-state index contributed by atoms with van der Waals surface area (Å²) in [5.41, 5.74) is 3.46. The van der Waals surface area contributed by atoms with Crippen molar-refractivity contribution in [3.8, 4) is 23.0 Å². The largest absolute Gasteiger partial charge is 0.504 e. The standard InChI is InChI=1S/C25H20ClN3O6/c1-33-22-12-18(26)11-17(23(22)30)13-27-29-25(32)19(28-24(31)16-5-3-2-4-6-16)9-15-7-8-20-21(10-15)35-14-34-20/h2-13,30H,14H2,1H3,(H,28,31)(H,29,32)/b19-9-,27-13+. The highest BCUT2D eigenvalue weighted by atomic mass is 35.5. The summed E-state index contributed by atoms with van der Waals surface area (Å²) in [5.74, 6) is -0.100. The second kappa shape index (κ2) is 10.6. The van der Waals surface area contributed by atoms with Crippen molar-refractivity contribution in [3.63, 3.8) is 0 Å². The van der Waals surface area contributed by atoms with Gasteiger partial charge in [-0.15, -0.1) is 0 Å². The highest BCUT2D eigenvalue weighted by Crippen LogP contribution is 2.33. The molecule has 3 aromatic rings. The van der Waals surface area contributed by atoms with Crippen molar-refractivity contribution in [2.75, 3.05) is 13.9 Å². The zero-order valence-electron chi connectivity index (χ0n) is 18.4. The first-order valence-corrected chi connectivity index (χ1v) is 10.7. The monoisotopic (exact) mass is 493 g/mol. The molecule has 0 saturated heterocycles. The summed E-state index contributed by atoms with van der Waals surface area (Å²) in [6.45, 7) is 0.108. The zero-order chi connectivity index (χ0) is 24.8. The van der Waals surface area contributed by atoms with Gasteiger partial charge in [-0.2, -0.15) is 5.10 Å². The molecule has 178 valence electrons. The predicted molar refractivity (Wildman–Crippen MR) is 130 cm³/mol. The quantitative estimate of drug-likeness (QED) is 0.262. The van der Waals surface area contributed by atoms with E-state index in [4.69, 9.17) is 25.8 Å². The number of carbonyl (C=O) groups excluding carboxylic acids is 2. The number of phenolic OH excluding ortho intramolecular Hbond substituents is 1. The van der Waals surface area contributed by atoms with Crippen LogP contribution in [0, 0.1) is 0 Å². The van der Waals surface area contributed by atoms with E-state index in [1.807, 2.05) is 0 Å². The fourth-order valence-corrected chi connectivity index (χ4v) is 3.40. The number of nitrogens with zero attached hydrogens (tertiary/aromatic N) is 1. The van der Waals surface area contributed by atoms with Crippen LogP contribution in [0.3, 0.4) is 0 Å². The van der Waals surface area contributed by atoms with Crippen LogP contribution in [0.5, 0.6) is 23.0 Å². The number of nitrogens with one attached hydrogen (secondary N) is 2. The fourth-order valence-electron chi connectivity index (χ4n) is 3.18. The van der Waals surface area contributed by atoms with Crippen LogP contribution in [0.4, 0.5) is 0 Å². The number of methoxy groups -OCH3 is 1. The molecular weight excluding hydrogens is 474 g/mol. The maximum atomic E-state index is 12.9. The number of phenols is 1. The highest BCUT2D eigenvalue weighted by molar-refractivity contribution is 6.31. The lowest BCUT2D eigenvalue weighted by molar-refractivity contribution is -0.117. The van der Waals surface area contributed by atoms with E-state index < -0.39 is 11.8 Å². The van der Waals surface area contributed by atoms with E-state index in [0.717, 1.165) is 0 Å². The second-order valence-corrected chi connectivity index (χ2v) is 7.67. The Balaban J connectivity index is 1.58. The number of hydrogen-bond donors (Lipinski definition) is 3. The lowest BCUT2D eigenvalue weighted by Gasteiger charge is -2.10. The van der Waals surface area contributed by atoms with Crippen LogP contribution < -0.4 is 25.0 Å². The van der Waals surface area contributed by atoms with E-state index in [1.54, 1.807) is 48.5 Å². The number of hydrogen-bond acceptors (Lipinski definition) is 7. The van der Waals surface area contributed by atoms with E-state index >= 15 is 0 Å². The second-order valence-electron chi connectivity index (χ2n) is 7.24. The Bertz CT molecular complexity index is 1320. The highest BCUT2D eigenvalue weighted by Gasteiger charge is 2.17. The minimum absolute atomic E-state index is 0.0669. The molecule has 0 saturated carbocycles. The van der Waals surface area contributed by atoms with E-state index in [0.29, 0.717) is 27.6 Å². The lowest BCUT2D eigenvalue weighted by atomic mass is 10.1. The molecule has 0 radical (unpaired) electrons. The predicted octanol–water partition coefficient (Wildman–Crippen LogP) is 3.70. The van der Waals surface area contributed by atoms with Gasteiger partial charge in [0.1, 0.15) is 5.70 Å². The first-order valence-electron chi connectivity index (χ1n) is 10.3. The average molecular weight is 494 g/mol. The van der Waals surface area contributed by atoms with Gasteiger partial charge >= 0.3 is 0 Å². The maximum absolute atomic E-state index is 12.9. The fraction of sp³-hybridized carbons (Fsp3) is 0.0800. The molecule has 0 atom stereocenters. The minimum atomic E-state index is -0.698. The number of aromatic hydroxyl groups is 1. The Labute approximate surface area is 205 Å². The molecule has 1 heterocycles. The molecule has 10 heteroatoms. The molecule has 0 bridgehead atoms. The summed E-state index contributed by atoms with van der Waals surface area (Å²) >= 11 is 6.02. The molecule has 9 nitrogen and oxygen atoms in total. The Morgan fingerprint density at radius 1 is 1.09 bits per heavy atom. The smallest absolute Gasteiger partial charge is 0.287 e. The van der Waals surface area contributed by atoms with Crippen molar-refractivity contribution in [2.24, 2.45) is 5.10 Å². The summed E-state index contributed by atoms with van der Waals surface area (Å²) in [4.78, 5) is 25.6. The number of benzene rings is 3. The topological polar surface area (TPSA) is 118 Å². The van der Waals surface area contributed by atoms with Crippen LogP contribution >= 0.6 is 11.6 Å². The van der Waals surface area contributed by atoms with Gasteiger partial charge in [-0.25, -0.2) is 5.43 Å². The Hall–Kier alpha value is -4.50. The third kappa shape index (κ3) is 5.71. The third-order valence-electron chi connectivity index (χ3n) is 4.90. The van der Waals surface area contributed by atoms with Crippen molar-refractivity contribution in [3.05, 3.63) is 88.1 Å². The molecule has 35 heavy (non-hydrogen) atoms. The van der Waals surface area contributed by atoms with Crippen molar-refractivity contribution < 1.29 is 28.9 Å². The molecule has 0 fully saturated rings. The number of rotatable bonds is 7. The van der Waals surface area contributed by atoms with Crippen molar-refractivity contribution in [1.29, 1.82) is 0 Å². The average Bonchev–Trinajstić information content (AvgIpc) is 3.33. The number of carbonyl (C=O) groups is 2. The zero-order valence-corrected chi connectivity index (χ0v) is 19.2. The minimum Gasteiger partial charge on any atom is -0.504 e. The van der Waals surface area contributed by atoms with Gasteiger partial charge in [0.2, 0.25) is 6.79 Å². The van der Waals surface area contributed by atoms with Gasteiger partial charge in [0.25, 0.3) is 11.8 Å². The van der Waals surface area contributed by atoms with Gasteiger partial charge < -0.3 is 24.6 Å². The maximum Gasteiger partial charge on any atom is 0.287 e. The summed E-state index contributed by atoms with van der Waals surface area (Å²) in [6, 6.07) is 16.5. The van der Waals surface area contributed by atoms with Gasteiger partial charge in [0.05, 0.1) is 13.3 Å². The van der Waals surface area contributed by atoms with Crippen molar-refractivity contribution in [2.45, 2.75) is 0 Å². The van der Waals surface area contributed by atoms with Gasteiger partial charge in [-0.3, -0.25) is 9.59 Å². The first-order chi connectivity index (χ1) is 16.9. The third-order valence-corrected chi connectivity index (χ3v) is 5.11. The van der Waals surface area contributed by atoms with Gasteiger partial charge in [0, 0.05) is 22.2 Å². The Kier molecular flexibility index (Phi) is 7.18. The molecule has 0 spiro atoms. The summed E-state index contributed by atoms with van der Waals surface area (Å²) in [6.07, 6.45) is 2.69. The van der Waals surface area contributed by atoms with Crippen LogP contribution in [-0.4, -0.2) is 37.0 Å². The number of halogens is 1. The molecule has 1 aliphatic rings. The van der Waals surface area contributed by atoms with Crippen LogP contribution in [0.2, 0.25) is 5.02 Å². The summed E-state index contributed by atoms with van der Waals surface area (Å²) in [7, 11) is 1.39. The van der Waals surface area contributed by atoms with E-state index in [-0.39, 0.29) is 29.6 Å². The molecule has 1 aliphatic heterocycles. The van der Waals surface area contributed by atoms with Crippen molar-refractivity contribution in [1.82, 2.24) is 10.7 Å². The van der Waals surface area contributed by atoms with Crippen molar-refractivity contribution >= 4 is 35.7 Å². The Morgan fingerprint density at radius 2 is 1.86 bits per heavy atom. The normalized spacial score (nSPS) is 12.5. The number of fused-ring (bicyclic) bond motifs is 1. The van der Waals surface area contributed by atoms with Gasteiger partial charge in [0.15, 0.2) is 23.0 Å². The number of amides is 2. The van der Waals surface area contributed by atoms with E-state index in [2.05, 4.69) is 15.8 Å². The first kappa shape index (κ1) is 23.7. The number of hydrazone groups is 1. The lowest BCUT2D eigenvalue weighted by Crippen LogP contribution is -2.32. The van der Waals surface area contributed by atoms with Gasteiger partial charge in [-0.1, -0.05) is 35.9 Å². The Morgan fingerprint density at radius 3 is 2.63 bits per heavy atom. The SMILES string of the molecule is COc1cc(Cl)cc(/C=N/NC(=O)/C(=C/c2ccc3c(c2)OCO3)NC(=O)c2ccccc2)c1O. The van der Waals surface area contributed by atoms with Gasteiger partial charge in [-0.05, 0) is 42.0 Å². The molecule has 0 aliphatic carbocycles.